The normalized spacial score (nSPS) is 15.3. The van der Waals surface area contributed by atoms with Crippen LogP contribution in [0.2, 0.25) is 0 Å². The molecule has 0 aliphatic carbocycles. The van der Waals surface area contributed by atoms with Gasteiger partial charge in [-0.05, 0) is 47.9 Å². The van der Waals surface area contributed by atoms with Crippen LogP contribution in [0.25, 0.3) is 10.9 Å². The summed E-state index contributed by atoms with van der Waals surface area (Å²) in [6, 6.07) is 12.0. The summed E-state index contributed by atoms with van der Waals surface area (Å²) >= 11 is 0. The van der Waals surface area contributed by atoms with Crippen LogP contribution in [0.3, 0.4) is 0 Å². The molecule has 152 valence electrons. The summed E-state index contributed by atoms with van der Waals surface area (Å²) < 4.78 is 10.6. The Bertz CT molecular complexity index is 1050. The standard InChI is InChI=1S/C21H20N2O5.ClH/c1-27-21(26)13-4-2-12(3-5-13)11-28-14-6-7-17-16(10-14)15-8-9-22-19(20(24)25)18(15)23-17;/h2-7,10,19,22-23H,8-9,11H2,1H3,(H,24,25);1H. The maximum absolute atomic E-state index is 11.5. The number of ether oxygens (including phenoxy) is 2. The highest BCUT2D eigenvalue weighted by atomic mass is 35.5. The molecule has 8 heteroatoms. The number of halogens is 1. The molecule has 0 radical (unpaired) electrons. The zero-order chi connectivity index (χ0) is 19.7. The van der Waals surface area contributed by atoms with Gasteiger partial charge in [0.25, 0.3) is 0 Å². The van der Waals surface area contributed by atoms with Gasteiger partial charge < -0.3 is 19.6 Å². The number of carboxylic acids is 1. The van der Waals surface area contributed by atoms with Gasteiger partial charge in [-0.2, -0.15) is 0 Å². The van der Waals surface area contributed by atoms with Crippen LogP contribution in [0.15, 0.2) is 42.5 Å². The molecule has 29 heavy (non-hydrogen) atoms. The quantitative estimate of drug-likeness (QED) is 0.552. The molecular formula is C21H21ClN2O5. The summed E-state index contributed by atoms with van der Waals surface area (Å²) in [6.45, 7) is 0.980. The highest BCUT2D eigenvalue weighted by Gasteiger charge is 2.29. The van der Waals surface area contributed by atoms with Crippen LogP contribution >= 0.6 is 12.4 Å². The summed E-state index contributed by atoms with van der Waals surface area (Å²) in [6.07, 6.45) is 0.761. The second-order valence-electron chi connectivity index (χ2n) is 6.68. The fourth-order valence-electron chi connectivity index (χ4n) is 3.53. The third-order valence-corrected chi connectivity index (χ3v) is 4.95. The summed E-state index contributed by atoms with van der Waals surface area (Å²) in [5.74, 6) is -0.555. The number of methoxy groups -OCH3 is 1. The summed E-state index contributed by atoms with van der Waals surface area (Å²) in [4.78, 5) is 26.2. The molecule has 0 spiro atoms. The van der Waals surface area contributed by atoms with Crippen molar-refractivity contribution in [2.75, 3.05) is 13.7 Å². The lowest BCUT2D eigenvalue weighted by Crippen LogP contribution is -2.34. The first kappa shape index (κ1) is 20.7. The van der Waals surface area contributed by atoms with Crippen LogP contribution in [0, 0.1) is 0 Å². The Morgan fingerprint density at radius 2 is 1.93 bits per heavy atom. The van der Waals surface area contributed by atoms with E-state index in [0.717, 1.165) is 28.5 Å². The molecule has 0 amide bonds. The molecule has 0 saturated heterocycles. The van der Waals surface area contributed by atoms with Crippen LogP contribution in [-0.4, -0.2) is 35.7 Å². The molecule has 2 aromatic carbocycles. The lowest BCUT2D eigenvalue weighted by molar-refractivity contribution is -0.139. The van der Waals surface area contributed by atoms with E-state index in [1.165, 1.54) is 7.11 Å². The van der Waals surface area contributed by atoms with Gasteiger partial charge in [0.1, 0.15) is 18.4 Å². The maximum atomic E-state index is 11.5. The molecule has 3 aromatic rings. The van der Waals surface area contributed by atoms with E-state index >= 15 is 0 Å². The minimum absolute atomic E-state index is 0. The van der Waals surface area contributed by atoms with E-state index < -0.39 is 12.0 Å². The molecule has 3 N–H and O–H groups in total. The Hall–Kier alpha value is -3.03. The number of aromatic amines is 1. The average Bonchev–Trinajstić information content (AvgIpc) is 3.10. The highest BCUT2D eigenvalue weighted by Crippen LogP contribution is 2.32. The monoisotopic (exact) mass is 416 g/mol. The van der Waals surface area contributed by atoms with E-state index in [9.17, 15) is 14.7 Å². The molecule has 0 saturated carbocycles. The van der Waals surface area contributed by atoms with E-state index in [2.05, 4.69) is 10.3 Å². The number of fused-ring (bicyclic) bond motifs is 3. The molecule has 4 rings (SSSR count). The number of nitrogens with one attached hydrogen (secondary N) is 2. The van der Waals surface area contributed by atoms with Crippen molar-refractivity contribution in [2.24, 2.45) is 0 Å². The smallest absolute Gasteiger partial charge is 0.337 e. The van der Waals surface area contributed by atoms with Gasteiger partial charge in [-0.3, -0.25) is 10.1 Å². The number of aliphatic carboxylic acids is 1. The molecule has 1 unspecified atom stereocenters. The number of hydrogen-bond acceptors (Lipinski definition) is 5. The van der Waals surface area contributed by atoms with E-state index in [4.69, 9.17) is 9.47 Å². The van der Waals surface area contributed by atoms with Gasteiger partial charge in [-0.15, -0.1) is 12.4 Å². The van der Waals surface area contributed by atoms with E-state index in [-0.39, 0.29) is 18.4 Å². The van der Waals surface area contributed by atoms with Crippen molar-refractivity contribution in [2.45, 2.75) is 19.1 Å². The van der Waals surface area contributed by atoms with E-state index in [1.807, 2.05) is 30.3 Å². The van der Waals surface area contributed by atoms with Gasteiger partial charge in [0.2, 0.25) is 0 Å². The number of carboxylic acid groups (broad SMARTS) is 1. The zero-order valence-corrected chi connectivity index (χ0v) is 16.5. The first-order valence-corrected chi connectivity index (χ1v) is 8.97. The lowest BCUT2D eigenvalue weighted by Gasteiger charge is -2.20. The minimum atomic E-state index is -0.889. The predicted molar refractivity (Wildman–Crippen MR) is 110 cm³/mol. The minimum Gasteiger partial charge on any atom is -0.489 e. The van der Waals surface area contributed by atoms with Crippen molar-refractivity contribution in [3.63, 3.8) is 0 Å². The molecule has 0 bridgehead atoms. The maximum Gasteiger partial charge on any atom is 0.337 e. The number of hydrogen-bond donors (Lipinski definition) is 3. The van der Waals surface area contributed by atoms with Crippen molar-refractivity contribution in [1.82, 2.24) is 10.3 Å². The molecule has 7 nitrogen and oxygen atoms in total. The van der Waals surface area contributed by atoms with Crippen LogP contribution < -0.4 is 10.1 Å². The number of aromatic nitrogens is 1. The molecule has 1 atom stereocenters. The predicted octanol–water partition coefficient (Wildman–Crippen LogP) is 3.23. The van der Waals surface area contributed by atoms with E-state index in [0.29, 0.717) is 30.2 Å². The number of carbonyl (C=O) groups excluding carboxylic acids is 1. The third kappa shape index (κ3) is 4.06. The molecule has 1 aliphatic heterocycles. The molecule has 2 heterocycles. The number of carbonyl (C=O) groups is 2. The fraction of sp³-hybridized carbons (Fsp3) is 0.238. The number of benzene rings is 2. The van der Waals surface area contributed by atoms with Crippen LogP contribution in [0.4, 0.5) is 0 Å². The number of esters is 1. The van der Waals surface area contributed by atoms with Crippen LogP contribution in [-0.2, 0) is 22.6 Å². The Kier molecular flexibility index (Phi) is 6.10. The van der Waals surface area contributed by atoms with Crippen molar-refractivity contribution in [3.8, 4) is 5.75 Å². The van der Waals surface area contributed by atoms with Gasteiger partial charge in [0, 0.05) is 23.1 Å². The summed E-state index contributed by atoms with van der Waals surface area (Å²) in [5.41, 5.74) is 4.06. The van der Waals surface area contributed by atoms with Gasteiger partial charge in [-0.25, -0.2) is 4.79 Å². The highest BCUT2D eigenvalue weighted by molar-refractivity contribution is 5.90. The van der Waals surface area contributed by atoms with Crippen LogP contribution in [0.1, 0.15) is 33.2 Å². The Balaban J connectivity index is 0.00000240. The van der Waals surface area contributed by atoms with Gasteiger partial charge in [0.05, 0.1) is 12.7 Å². The Morgan fingerprint density at radius 1 is 1.17 bits per heavy atom. The van der Waals surface area contributed by atoms with Gasteiger partial charge in [0.15, 0.2) is 0 Å². The number of rotatable bonds is 5. The Labute approximate surface area is 173 Å². The molecule has 1 aliphatic rings. The van der Waals surface area contributed by atoms with Gasteiger partial charge in [-0.1, -0.05) is 12.1 Å². The SMILES string of the molecule is COC(=O)c1ccc(COc2ccc3[nH]c4c(c3c2)CCNC4C(=O)O)cc1.Cl. The average molecular weight is 417 g/mol. The van der Waals surface area contributed by atoms with E-state index in [1.54, 1.807) is 12.1 Å². The van der Waals surface area contributed by atoms with Crippen molar-refractivity contribution < 1.29 is 24.2 Å². The largest absolute Gasteiger partial charge is 0.489 e. The summed E-state index contributed by atoms with van der Waals surface area (Å²) in [5, 5.41) is 13.4. The third-order valence-electron chi connectivity index (χ3n) is 4.95. The second-order valence-corrected chi connectivity index (χ2v) is 6.68. The van der Waals surface area contributed by atoms with Crippen molar-refractivity contribution >= 4 is 35.2 Å². The first-order chi connectivity index (χ1) is 13.6. The lowest BCUT2D eigenvalue weighted by atomic mass is 9.99. The van der Waals surface area contributed by atoms with Crippen molar-refractivity contribution in [1.29, 1.82) is 0 Å². The molecule has 0 fully saturated rings. The Morgan fingerprint density at radius 3 is 2.62 bits per heavy atom. The van der Waals surface area contributed by atoms with Crippen molar-refractivity contribution in [3.05, 3.63) is 64.8 Å². The number of H-pyrrole nitrogens is 1. The van der Waals surface area contributed by atoms with Gasteiger partial charge >= 0.3 is 11.9 Å². The summed E-state index contributed by atoms with van der Waals surface area (Å²) in [7, 11) is 1.35. The second kappa shape index (κ2) is 8.55. The fourth-order valence-corrected chi connectivity index (χ4v) is 3.53. The van der Waals surface area contributed by atoms with Crippen LogP contribution in [0.5, 0.6) is 5.75 Å². The topological polar surface area (TPSA) is 101 Å². The zero-order valence-electron chi connectivity index (χ0n) is 15.7. The molecule has 1 aromatic heterocycles. The molecular weight excluding hydrogens is 396 g/mol. The first-order valence-electron chi connectivity index (χ1n) is 8.97.